The summed E-state index contributed by atoms with van der Waals surface area (Å²) in [6.07, 6.45) is 6.12. The summed E-state index contributed by atoms with van der Waals surface area (Å²) in [6, 6.07) is 26.2. The second kappa shape index (κ2) is 8.69. The molecular weight excluding hydrogens is 354 g/mol. The van der Waals surface area contributed by atoms with Gasteiger partial charge in [0.05, 0.1) is 5.60 Å². The normalized spacial score (nSPS) is 23.4. The molecule has 2 heteroatoms. The Morgan fingerprint density at radius 1 is 0.931 bits per heavy atom. The number of hydrogen-bond donors (Lipinski definition) is 1. The Kier molecular flexibility index (Phi) is 6.03. The number of nitrogens with zero attached hydrogens (tertiary/aromatic N) is 1. The molecule has 0 saturated heterocycles. The largest absolute Gasteiger partial charge is 0.389 e. The summed E-state index contributed by atoms with van der Waals surface area (Å²) in [4.78, 5) is 2.32. The zero-order valence-corrected chi connectivity index (χ0v) is 17.7. The summed E-state index contributed by atoms with van der Waals surface area (Å²) >= 11 is 0. The fraction of sp³-hybridized carbons (Fsp3) is 0.407. The van der Waals surface area contributed by atoms with Crippen LogP contribution in [-0.2, 0) is 6.42 Å². The molecule has 2 nitrogen and oxygen atoms in total. The molecular formula is C27H33NO. The van der Waals surface area contributed by atoms with Crippen molar-refractivity contribution in [2.24, 2.45) is 5.92 Å². The van der Waals surface area contributed by atoms with E-state index in [9.17, 15) is 5.11 Å². The lowest BCUT2D eigenvalue weighted by Gasteiger charge is -2.43. The Balaban J connectivity index is 1.60. The van der Waals surface area contributed by atoms with E-state index in [1.807, 2.05) is 6.07 Å². The molecule has 0 heterocycles. The maximum atomic E-state index is 11.7. The van der Waals surface area contributed by atoms with Crippen molar-refractivity contribution in [1.82, 2.24) is 4.90 Å². The zero-order chi connectivity index (χ0) is 20.3. The number of benzene rings is 3. The summed E-state index contributed by atoms with van der Waals surface area (Å²) in [7, 11) is 4.33. The molecule has 0 amide bonds. The summed E-state index contributed by atoms with van der Waals surface area (Å²) in [5, 5.41) is 14.3. The van der Waals surface area contributed by atoms with Gasteiger partial charge in [0.2, 0.25) is 0 Å². The number of rotatable bonds is 6. The fourth-order valence-electron chi connectivity index (χ4n) is 5.14. The highest BCUT2D eigenvalue weighted by molar-refractivity contribution is 5.83. The molecule has 0 radical (unpaired) electrons. The molecule has 0 bridgehead atoms. The molecule has 3 atom stereocenters. The van der Waals surface area contributed by atoms with Crippen molar-refractivity contribution in [3.05, 3.63) is 83.9 Å². The lowest BCUT2D eigenvalue weighted by molar-refractivity contribution is -0.0581. The maximum Gasteiger partial charge on any atom is 0.0716 e. The molecule has 1 fully saturated rings. The molecule has 3 unspecified atom stereocenters. The predicted octanol–water partition coefficient (Wildman–Crippen LogP) is 6.00. The topological polar surface area (TPSA) is 23.5 Å². The third-order valence-corrected chi connectivity index (χ3v) is 6.81. The van der Waals surface area contributed by atoms with E-state index in [1.165, 1.54) is 28.3 Å². The Bertz CT molecular complexity index is 935. The van der Waals surface area contributed by atoms with Crippen molar-refractivity contribution in [1.29, 1.82) is 0 Å². The van der Waals surface area contributed by atoms with E-state index in [0.29, 0.717) is 12.0 Å². The van der Waals surface area contributed by atoms with Gasteiger partial charge in [-0.25, -0.2) is 0 Å². The van der Waals surface area contributed by atoms with Crippen LogP contribution in [0.4, 0.5) is 0 Å². The Morgan fingerprint density at radius 2 is 1.66 bits per heavy atom. The van der Waals surface area contributed by atoms with Gasteiger partial charge in [-0.15, -0.1) is 0 Å². The molecule has 1 N–H and O–H groups in total. The SMILES string of the molecule is CN(C)C(CC1CCCCC1(O)Cc1ccccc1)c1ccc2ccccc2c1. The van der Waals surface area contributed by atoms with Gasteiger partial charge in [0.25, 0.3) is 0 Å². The van der Waals surface area contributed by atoms with Gasteiger partial charge in [-0.1, -0.05) is 79.6 Å². The van der Waals surface area contributed by atoms with Crippen molar-refractivity contribution in [2.75, 3.05) is 14.1 Å². The van der Waals surface area contributed by atoms with Crippen LogP contribution in [-0.4, -0.2) is 29.7 Å². The van der Waals surface area contributed by atoms with Crippen molar-refractivity contribution in [3.8, 4) is 0 Å². The van der Waals surface area contributed by atoms with Gasteiger partial charge >= 0.3 is 0 Å². The third kappa shape index (κ3) is 4.55. The number of hydrogen-bond acceptors (Lipinski definition) is 2. The highest BCUT2D eigenvalue weighted by Gasteiger charge is 2.40. The van der Waals surface area contributed by atoms with Crippen LogP contribution in [0.2, 0.25) is 0 Å². The highest BCUT2D eigenvalue weighted by atomic mass is 16.3. The monoisotopic (exact) mass is 387 g/mol. The molecule has 152 valence electrons. The van der Waals surface area contributed by atoms with E-state index in [-0.39, 0.29) is 0 Å². The first-order valence-corrected chi connectivity index (χ1v) is 11.0. The van der Waals surface area contributed by atoms with Crippen LogP contribution in [0.3, 0.4) is 0 Å². The molecule has 0 aliphatic heterocycles. The minimum atomic E-state index is -0.606. The van der Waals surface area contributed by atoms with Gasteiger partial charge in [-0.3, -0.25) is 0 Å². The van der Waals surface area contributed by atoms with E-state index in [0.717, 1.165) is 32.1 Å². The minimum Gasteiger partial charge on any atom is -0.389 e. The number of fused-ring (bicyclic) bond motifs is 1. The zero-order valence-electron chi connectivity index (χ0n) is 17.7. The van der Waals surface area contributed by atoms with E-state index >= 15 is 0 Å². The highest BCUT2D eigenvalue weighted by Crippen LogP contribution is 2.42. The summed E-state index contributed by atoms with van der Waals surface area (Å²) < 4.78 is 0. The van der Waals surface area contributed by atoms with Crippen molar-refractivity contribution in [3.63, 3.8) is 0 Å². The molecule has 4 rings (SSSR count). The summed E-state index contributed by atoms with van der Waals surface area (Å²) in [6.45, 7) is 0. The van der Waals surface area contributed by atoms with Gasteiger partial charge in [-0.2, -0.15) is 0 Å². The van der Waals surface area contributed by atoms with Gasteiger partial charge in [0.1, 0.15) is 0 Å². The van der Waals surface area contributed by atoms with Crippen LogP contribution < -0.4 is 0 Å². The minimum absolute atomic E-state index is 0.310. The first-order chi connectivity index (χ1) is 14.0. The Morgan fingerprint density at radius 3 is 2.41 bits per heavy atom. The van der Waals surface area contributed by atoms with E-state index in [1.54, 1.807) is 0 Å². The molecule has 1 saturated carbocycles. The Hall–Kier alpha value is -2.16. The molecule has 3 aromatic carbocycles. The first-order valence-electron chi connectivity index (χ1n) is 11.0. The summed E-state index contributed by atoms with van der Waals surface area (Å²) in [5.74, 6) is 0.315. The van der Waals surface area contributed by atoms with Crippen LogP contribution in [0, 0.1) is 5.92 Å². The second-order valence-corrected chi connectivity index (χ2v) is 9.03. The molecule has 0 aromatic heterocycles. The fourth-order valence-corrected chi connectivity index (χ4v) is 5.14. The molecule has 3 aromatic rings. The van der Waals surface area contributed by atoms with Crippen LogP contribution >= 0.6 is 0 Å². The van der Waals surface area contributed by atoms with Crippen molar-refractivity contribution < 1.29 is 5.11 Å². The molecule has 1 aliphatic rings. The summed E-state index contributed by atoms with van der Waals surface area (Å²) in [5.41, 5.74) is 1.99. The van der Waals surface area contributed by atoms with Crippen LogP contribution in [0.1, 0.15) is 49.3 Å². The first kappa shape index (κ1) is 20.1. The van der Waals surface area contributed by atoms with E-state index in [4.69, 9.17) is 0 Å². The third-order valence-electron chi connectivity index (χ3n) is 6.81. The smallest absolute Gasteiger partial charge is 0.0716 e. The van der Waals surface area contributed by atoms with Crippen LogP contribution in [0.15, 0.2) is 72.8 Å². The van der Waals surface area contributed by atoms with E-state index < -0.39 is 5.60 Å². The van der Waals surface area contributed by atoms with Crippen molar-refractivity contribution >= 4 is 10.8 Å². The average Bonchev–Trinajstić information content (AvgIpc) is 2.73. The predicted molar refractivity (Wildman–Crippen MR) is 122 cm³/mol. The lowest BCUT2D eigenvalue weighted by atomic mass is 9.69. The molecule has 0 spiro atoms. The standard InChI is InChI=1S/C27H33NO/c1-28(2)26(24-16-15-22-12-6-7-13-23(22)18-24)19-25-14-8-9-17-27(25,29)20-21-10-4-3-5-11-21/h3-7,10-13,15-16,18,25-26,29H,8-9,14,17,19-20H2,1-2H3. The molecule has 1 aliphatic carbocycles. The average molecular weight is 388 g/mol. The van der Waals surface area contributed by atoms with Crippen LogP contribution in [0.25, 0.3) is 10.8 Å². The number of aliphatic hydroxyl groups is 1. The van der Waals surface area contributed by atoms with Gasteiger partial charge in [0, 0.05) is 12.5 Å². The lowest BCUT2D eigenvalue weighted by Crippen LogP contribution is -2.44. The van der Waals surface area contributed by atoms with Gasteiger partial charge in [-0.05, 0) is 67.2 Å². The molecule has 29 heavy (non-hydrogen) atoms. The van der Waals surface area contributed by atoms with E-state index in [2.05, 4.69) is 85.7 Å². The van der Waals surface area contributed by atoms with Crippen LogP contribution in [0.5, 0.6) is 0 Å². The quantitative estimate of drug-likeness (QED) is 0.561. The Labute approximate surface area is 175 Å². The second-order valence-electron chi connectivity index (χ2n) is 9.03. The maximum absolute atomic E-state index is 11.7. The van der Waals surface area contributed by atoms with Gasteiger partial charge in [0.15, 0.2) is 0 Å². The van der Waals surface area contributed by atoms with Gasteiger partial charge < -0.3 is 10.0 Å². The van der Waals surface area contributed by atoms with Crippen molar-refractivity contribution in [2.45, 2.75) is 50.2 Å².